The molecule has 0 fully saturated rings. The summed E-state index contributed by atoms with van der Waals surface area (Å²) in [6, 6.07) is 9.18. The number of thiophene rings is 1. The van der Waals surface area contributed by atoms with Crippen molar-refractivity contribution in [3.8, 4) is 0 Å². The molecule has 0 saturated carbocycles. The largest absolute Gasteiger partial charge is 0.416 e. The van der Waals surface area contributed by atoms with Crippen LogP contribution in [0.25, 0.3) is 21.0 Å². The first-order chi connectivity index (χ1) is 17.1. The van der Waals surface area contributed by atoms with Crippen LogP contribution in [0.3, 0.4) is 0 Å². The Labute approximate surface area is 205 Å². The van der Waals surface area contributed by atoms with Crippen LogP contribution in [0.5, 0.6) is 0 Å². The smallest absolute Gasteiger partial charge is 0.382 e. The highest BCUT2D eigenvalue weighted by Crippen LogP contribution is 2.33. The summed E-state index contributed by atoms with van der Waals surface area (Å²) >= 11 is 1.25. The van der Waals surface area contributed by atoms with Crippen molar-refractivity contribution in [1.82, 2.24) is 15.0 Å². The third kappa shape index (κ3) is 4.03. The van der Waals surface area contributed by atoms with Gasteiger partial charge < -0.3 is 11.1 Å². The molecule has 2 aromatic carbocycles. The Kier molecular flexibility index (Phi) is 5.64. The molecule has 0 spiro atoms. The average molecular weight is 507 g/mol. The van der Waals surface area contributed by atoms with Crippen LogP contribution in [0.1, 0.15) is 37.5 Å². The fraction of sp³-hybridized carbons (Fsp3) is 0.0800. The molecule has 3 heterocycles. The Bertz CT molecular complexity index is 1680. The first-order valence-corrected chi connectivity index (χ1v) is 11.4. The molecule has 0 aliphatic carbocycles. The van der Waals surface area contributed by atoms with Crippen LogP contribution in [-0.4, -0.2) is 26.6 Å². The van der Waals surface area contributed by atoms with E-state index in [-0.39, 0.29) is 17.1 Å². The molecule has 3 aromatic heterocycles. The van der Waals surface area contributed by atoms with E-state index in [2.05, 4.69) is 20.3 Å². The lowest BCUT2D eigenvalue weighted by Crippen LogP contribution is -2.14. The van der Waals surface area contributed by atoms with Gasteiger partial charge >= 0.3 is 6.18 Å². The highest BCUT2D eigenvalue weighted by Gasteiger charge is 2.31. The monoisotopic (exact) mass is 507 g/mol. The zero-order valence-electron chi connectivity index (χ0n) is 18.6. The second-order valence-electron chi connectivity index (χ2n) is 7.96. The fourth-order valence-corrected chi connectivity index (χ4v) is 4.80. The van der Waals surface area contributed by atoms with Crippen molar-refractivity contribution >= 4 is 55.5 Å². The topological polar surface area (TPSA) is 111 Å². The van der Waals surface area contributed by atoms with E-state index in [4.69, 9.17) is 5.73 Å². The number of alkyl halides is 3. The van der Waals surface area contributed by atoms with Gasteiger partial charge in [0, 0.05) is 27.9 Å². The van der Waals surface area contributed by atoms with Gasteiger partial charge in [0.2, 0.25) is 5.78 Å². The van der Waals surface area contributed by atoms with Gasteiger partial charge in [-0.3, -0.25) is 14.6 Å². The second kappa shape index (κ2) is 8.68. The van der Waals surface area contributed by atoms with Crippen molar-refractivity contribution in [2.75, 3.05) is 11.1 Å². The van der Waals surface area contributed by atoms with Crippen LogP contribution in [0.15, 0.2) is 60.4 Å². The quantitative estimate of drug-likeness (QED) is 0.305. The summed E-state index contributed by atoms with van der Waals surface area (Å²) in [7, 11) is 0. The van der Waals surface area contributed by atoms with E-state index in [1.165, 1.54) is 36.0 Å². The summed E-state index contributed by atoms with van der Waals surface area (Å²) in [5.41, 5.74) is 6.68. The lowest BCUT2D eigenvalue weighted by Gasteiger charge is -2.14. The first kappa shape index (κ1) is 23.4. The van der Waals surface area contributed by atoms with E-state index in [0.29, 0.717) is 37.8 Å². The number of fused-ring (bicyclic) bond motifs is 2. The van der Waals surface area contributed by atoms with E-state index in [0.717, 1.165) is 12.1 Å². The van der Waals surface area contributed by atoms with E-state index in [1.807, 2.05) is 0 Å². The number of hydrogen-bond donors (Lipinski definition) is 2. The lowest BCUT2D eigenvalue weighted by atomic mass is 9.98. The number of aryl methyl sites for hydroxylation is 1. The summed E-state index contributed by atoms with van der Waals surface area (Å²) in [5.74, 6) is -0.824. The molecule has 0 aliphatic heterocycles. The highest BCUT2D eigenvalue weighted by molar-refractivity contribution is 7.18. The third-order valence-electron chi connectivity index (χ3n) is 5.69. The number of nitrogen functional groups attached to an aromatic ring is 1. The minimum absolute atomic E-state index is 0.0242. The van der Waals surface area contributed by atoms with Crippen LogP contribution >= 0.6 is 11.3 Å². The number of pyridine rings is 1. The Morgan fingerprint density at radius 2 is 1.83 bits per heavy atom. The Balaban J connectivity index is 1.56. The van der Waals surface area contributed by atoms with Gasteiger partial charge in [-0.05, 0) is 30.7 Å². The molecule has 0 bridgehead atoms. The molecule has 1 amide bonds. The van der Waals surface area contributed by atoms with E-state index < -0.39 is 23.4 Å². The van der Waals surface area contributed by atoms with Crippen LogP contribution in [0, 0.1) is 6.92 Å². The van der Waals surface area contributed by atoms with Gasteiger partial charge in [-0.15, -0.1) is 11.3 Å². The number of anilines is 2. The minimum atomic E-state index is -4.58. The van der Waals surface area contributed by atoms with Crippen molar-refractivity contribution in [3.63, 3.8) is 0 Å². The Hall–Kier alpha value is -4.38. The number of halogens is 3. The van der Waals surface area contributed by atoms with Gasteiger partial charge in [-0.1, -0.05) is 24.3 Å². The lowest BCUT2D eigenvalue weighted by molar-refractivity contribution is -0.137. The van der Waals surface area contributed by atoms with Crippen molar-refractivity contribution in [3.05, 3.63) is 88.3 Å². The van der Waals surface area contributed by atoms with Crippen LogP contribution < -0.4 is 11.1 Å². The molecule has 3 N–H and O–H groups in total. The molecule has 0 unspecified atom stereocenters. The summed E-state index contributed by atoms with van der Waals surface area (Å²) in [5, 5.41) is 5.42. The number of hydrogen-bond acceptors (Lipinski definition) is 7. The number of rotatable bonds is 4. The number of ketones is 1. The van der Waals surface area contributed by atoms with E-state index >= 15 is 0 Å². The SMILES string of the molecule is Cc1ccc2c(C(=O)c3cccc(C(F)(F)F)c3)nccc2c1NC(=O)c1csc2c(N)ncnc12. The molecule has 11 heteroatoms. The predicted molar refractivity (Wildman–Crippen MR) is 131 cm³/mol. The average Bonchev–Trinajstić information content (AvgIpc) is 3.30. The van der Waals surface area contributed by atoms with Gasteiger partial charge in [0.15, 0.2) is 0 Å². The third-order valence-corrected chi connectivity index (χ3v) is 6.68. The molecule has 180 valence electrons. The zero-order valence-corrected chi connectivity index (χ0v) is 19.4. The molecule has 36 heavy (non-hydrogen) atoms. The van der Waals surface area contributed by atoms with Crippen molar-refractivity contribution < 1.29 is 22.8 Å². The maximum atomic E-state index is 13.2. The number of nitrogens with two attached hydrogens (primary N) is 1. The number of nitrogens with one attached hydrogen (secondary N) is 1. The number of amides is 1. The molecule has 0 radical (unpaired) electrons. The zero-order chi connectivity index (χ0) is 25.6. The van der Waals surface area contributed by atoms with E-state index in [9.17, 15) is 22.8 Å². The molecule has 7 nitrogen and oxygen atoms in total. The van der Waals surface area contributed by atoms with Crippen LogP contribution in [0.2, 0.25) is 0 Å². The molecule has 0 aliphatic rings. The molecular weight excluding hydrogens is 491 g/mol. The summed E-state index contributed by atoms with van der Waals surface area (Å²) in [6.07, 6.45) is -1.92. The minimum Gasteiger partial charge on any atom is -0.382 e. The molecule has 0 saturated heterocycles. The summed E-state index contributed by atoms with van der Waals surface area (Å²) in [6.45, 7) is 1.79. The highest BCUT2D eigenvalue weighted by atomic mass is 32.1. The fourth-order valence-electron chi connectivity index (χ4n) is 3.90. The van der Waals surface area contributed by atoms with Crippen molar-refractivity contribution in [2.24, 2.45) is 0 Å². The van der Waals surface area contributed by atoms with Gasteiger partial charge in [-0.25, -0.2) is 9.97 Å². The predicted octanol–water partition coefficient (Wildman–Crippen LogP) is 5.63. The number of benzene rings is 2. The Morgan fingerprint density at radius 3 is 2.61 bits per heavy atom. The normalized spacial score (nSPS) is 11.7. The first-order valence-electron chi connectivity index (χ1n) is 10.5. The van der Waals surface area contributed by atoms with Crippen LogP contribution in [-0.2, 0) is 6.18 Å². The van der Waals surface area contributed by atoms with Crippen molar-refractivity contribution in [1.29, 1.82) is 0 Å². The second-order valence-corrected chi connectivity index (χ2v) is 8.84. The maximum absolute atomic E-state index is 13.2. The Morgan fingerprint density at radius 1 is 1.03 bits per heavy atom. The number of carbonyl (C=O) groups excluding carboxylic acids is 2. The summed E-state index contributed by atoms with van der Waals surface area (Å²) in [4.78, 5) is 38.6. The van der Waals surface area contributed by atoms with Crippen molar-refractivity contribution in [2.45, 2.75) is 13.1 Å². The van der Waals surface area contributed by atoms with Gasteiger partial charge in [0.1, 0.15) is 17.8 Å². The molecule has 5 rings (SSSR count). The molecular formula is C25H16F3N5O2S. The van der Waals surface area contributed by atoms with Gasteiger partial charge in [0.25, 0.3) is 5.91 Å². The standard InChI is InChI=1S/C25H16F3N5O2S/c1-12-5-6-15-16(18(12)33-24(35)17-10-36-22-20(17)31-11-32-23(22)29)7-8-30-19(15)21(34)13-3-2-4-14(9-13)25(26,27)28/h2-11H,1H3,(H,33,35)(H2,29,31,32). The number of carbonyl (C=O) groups is 2. The van der Waals surface area contributed by atoms with E-state index in [1.54, 1.807) is 30.5 Å². The van der Waals surface area contributed by atoms with Crippen LogP contribution in [0.4, 0.5) is 24.7 Å². The van der Waals surface area contributed by atoms with Gasteiger partial charge in [0.05, 0.1) is 27.0 Å². The van der Waals surface area contributed by atoms with Gasteiger partial charge in [-0.2, -0.15) is 13.2 Å². The summed E-state index contributed by atoms with van der Waals surface area (Å²) < 4.78 is 40.1. The maximum Gasteiger partial charge on any atom is 0.416 e. The number of nitrogens with zero attached hydrogens (tertiary/aromatic N) is 3. The number of aromatic nitrogens is 3. The molecule has 5 aromatic rings. The molecule has 0 atom stereocenters.